The number of aryl methyl sites for hydroxylation is 1. The molecule has 0 aromatic carbocycles. The fourth-order valence-electron chi connectivity index (χ4n) is 1.11. The van der Waals surface area contributed by atoms with E-state index in [0.717, 1.165) is 22.9 Å². The van der Waals surface area contributed by atoms with E-state index in [1.54, 1.807) is 22.7 Å². The largest absolute Gasteiger partial charge is 0.330 e. The third-order valence-corrected chi connectivity index (χ3v) is 3.55. The van der Waals surface area contributed by atoms with E-state index >= 15 is 0 Å². The van der Waals surface area contributed by atoms with Crippen LogP contribution in [0.15, 0.2) is 16.8 Å². The molecule has 74 valence electrons. The number of thiophene rings is 1. The minimum Gasteiger partial charge on any atom is -0.330 e. The van der Waals surface area contributed by atoms with Crippen LogP contribution in [0.1, 0.15) is 11.4 Å². The molecule has 0 unspecified atom stereocenters. The first-order chi connectivity index (χ1) is 6.90. The second kappa shape index (κ2) is 4.63. The molecular formula is C9H11N3S2. The molecule has 0 atom stereocenters. The van der Waals surface area contributed by atoms with Gasteiger partial charge in [0.1, 0.15) is 10.0 Å². The zero-order valence-electron chi connectivity index (χ0n) is 7.64. The van der Waals surface area contributed by atoms with Crippen molar-refractivity contribution in [2.24, 2.45) is 5.73 Å². The Balaban J connectivity index is 2.10. The highest BCUT2D eigenvalue weighted by atomic mass is 32.1. The fraction of sp³-hybridized carbons (Fsp3) is 0.333. The van der Waals surface area contributed by atoms with Crippen molar-refractivity contribution in [3.8, 4) is 10.6 Å². The van der Waals surface area contributed by atoms with E-state index in [9.17, 15) is 0 Å². The van der Waals surface area contributed by atoms with Gasteiger partial charge in [-0.3, -0.25) is 0 Å². The third-order valence-electron chi connectivity index (χ3n) is 1.83. The van der Waals surface area contributed by atoms with Crippen LogP contribution in [0.3, 0.4) is 0 Å². The molecular weight excluding hydrogens is 214 g/mol. The van der Waals surface area contributed by atoms with Crippen molar-refractivity contribution in [3.05, 3.63) is 21.8 Å². The van der Waals surface area contributed by atoms with Gasteiger partial charge >= 0.3 is 0 Å². The van der Waals surface area contributed by atoms with Gasteiger partial charge in [-0.2, -0.15) is 11.3 Å². The van der Waals surface area contributed by atoms with Gasteiger partial charge in [0.15, 0.2) is 0 Å². The monoisotopic (exact) mass is 225 g/mol. The molecule has 2 aromatic rings. The van der Waals surface area contributed by atoms with Crippen molar-refractivity contribution in [1.29, 1.82) is 0 Å². The summed E-state index contributed by atoms with van der Waals surface area (Å²) in [5.41, 5.74) is 6.61. The SMILES string of the molecule is NCCCc1nnc(-c2ccsc2)s1. The van der Waals surface area contributed by atoms with Gasteiger partial charge < -0.3 is 5.73 Å². The summed E-state index contributed by atoms with van der Waals surface area (Å²) in [7, 11) is 0. The lowest BCUT2D eigenvalue weighted by atomic mass is 10.3. The molecule has 0 aliphatic carbocycles. The Kier molecular flexibility index (Phi) is 3.23. The number of hydrogen-bond donors (Lipinski definition) is 1. The molecule has 2 rings (SSSR count). The Morgan fingerprint density at radius 1 is 1.36 bits per heavy atom. The Hall–Kier alpha value is -0.780. The maximum atomic E-state index is 5.44. The van der Waals surface area contributed by atoms with Gasteiger partial charge in [0.05, 0.1) is 0 Å². The molecule has 0 aliphatic rings. The number of nitrogens with zero attached hydrogens (tertiary/aromatic N) is 2. The predicted octanol–water partition coefficient (Wildman–Crippen LogP) is 2.16. The van der Waals surface area contributed by atoms with Crippen LogP contribution in [0.5, 0.6) is 0 Å². The highest BCUT2D eigenvalue weighted by molar-refractivity contribution is 7.15. The van der Waals surface area contributed by atoms with E-state index < -0.39 is 0 Å². The number of rotatable bonds is 4. The first-order valence-electron chi connectivity index (χ1n) is 4.45. The highest BCUT2D eigenvalue weighted by Gasteiger charge is 2.05. The zero-order valence-corrected chi connectivity index (χ0v) is 9.27. The first-order valence-corrected chi connectivity index (χ1v) is 6.21. The second-order valence-electron chi connectivity index (χ2n) is 2.91. The molecule has 2 N–H and O–H groups in total. The summed E-state index contributed by atoms with van der Waals surface area (Å²) >= 11 is 3.34. The van der Waals surface area contributed by atoms with Gasteiger partial charge in [0.25, 0.3) is 0 Å². The summed E-state index contributed by atoms with van der Waals surface area (Å²) in [6.45, 7) is 0.716. The Labute approximate surface area is 90.6 Å². The fourth-order valence-corrected chi connectivity index (χ4v) is 2.70. The predicted molar refractivity (Wildman–Crippen MR) is 60.6 cm³/mol. The summed E-state index contributed by atoms with van der Waals surface area (Å²) in [6.07, 6.45) is 1.93. The molecule has 0 saturated heterocycles. The molecule has 0 fully saturated rings. The minimum absolute atomic E-state index is 0.716. The molecule has 0 aliphatic heterocycles. The zero-order chi connectivity index (χ0) is 9.80. The molecule has 14 heavy (non-hydrogen) atoms. The van der Waals surface area contributed by atoms with Gasteiger partial charge in [-0.05, 0) is 24.4 Å². The molecule has 3 nitrogen and oxygen atoms in total. The van der Waals surface area contributed by atoms with Crippen LogP contribution in [0.4, 0.5) is 0 Å². The molecule has 5 heteroatoms. The van der Waals surface area contributed by atoms with Crippen molar-refractivity contribution >= 4 is 22.7 Å². The highest BCUT2D eigenvalue weighted by Crippen LogP contribution is 2.25. The maximum Gasteiger partial charge on any atom is 0.148 e. The molecule has 2 aromatic heterocycles. The smallest absolute Gasteiger partial charge is 0.148 e. The molecule has 0 amide bonds. The number of hydrogen-bond acceptors (Lipinski definition) is 5. The van der Waals surface area contributed by atoms with E-state index in [0.29, 0.717) is 6.54 Å². The van der Waals surface area contributed by atoms with E-state index in [1.807, 2.05) is 0 Å². The third kappa shape index (κ3) is 2.17. The van der Waals surface area contributed by atoms with Crippen LogP contribution in [0.25, 0.3) is 10.6 Å². The quantitative estimate of drug-likeness (QED) is 0.867. The average molecular weight is 225 g/mol. The molecule has 0 bridgehead atoms. The maximum absolute atomic E-state index is 5.44. The van der Waals surface area contributed by atoms with Crippen LogP contribution in [-0.2, 0) is 6.42 Å². The Morgan fingerprint density at radius 3 is 3.00 bits per heavy atom. The van der Waals surface area contributed by atoms with Gasteiger partial charge in [0, 0.05) is 17.4 Å². The summed E-state index contributed by atoms with van der Waals surface area (Å²) in [5.74, 6) is 0. The molecule has 0 saturated carbocycles. The van der Waals surface area contributed by atoms with Crippen LogP contribution in [-0.4, -0.2) is 16.7 Å². The van der Waals surface area contributed by atoms with Gasteiger partial charge in [-0.15, -0.1) is 10.2 Å². The van der Waals surface area contributed by atoms with E-state index in [4.69, 9.17) is 5.73 Å². The number of aromatic nitrogens is 2. The van der Waals surface area contributed by atoms with Crippen LogP contribution < -0.4 is 5.73 Å². The second-order valence-corrected chi connectivity index (χ2v) is 4.75. The van der Waals surface area contributed by atoms with Crippen molar-refractivity contribution in [2.75, 3.05) is 6.54 Å². The van der Waals surface area contributed by atoms with E-state index in [-0.39, 0.29) is 0 Å². The summed E-state index contributed by atoms with van der Waals surface area (Å²) < 4.78 is 0. The minimum atomic E-state index is 0.716. The summed E-state index contributed by atoms with van der Waals surface area (Å²) in [6, 6.07) is 2.07. The van der Waals surface area contributed by atoms with Gasteiger partial charge in [-0.1, -0.05) is 11.3 Å². The van der Waals surface area contributed by atoms with Crippen LogP contribution in [0, 0.1) is 0 Å². The van der Waals surface area contributed by atoms with Crippen molar-refractivity contribution in [2.45, 2.75) is 12.8 Å². The Morgan fingerprint density at radius 2 is 2.29 bits per heavy atom. The number of nitrogens with two attached hydrogens (primary N) is 1. The summed E-state index contributed by atoms with van der Waals surface area (Å²) in [5, 5.41) is 14.5. The van der Waals surface area contributed by atoms with Gasteiger partial charge in [0.2, 0.25) is 0 Å². The topological polar surface area (TPSA) is 51.8 Å². The van der Waals surface area contributed by atoms with Gasteiger partial charge in [-0.25, -0.2) is 0 Å². The van der Waals surface area contributed by atoms with Crippen LogP contribution >= 0.6 is 22.7 Å². The Bertz CT molecular complexity index is 380. The molecule has 2 heterocycles. The lowest BCUT2D eigenvalue weighted by molar-refractivity contribution is 0.812. The summed E-state index contributed by atoms with van der Waals surface area (Å²) in [4.78, 5) is 0. The van der Waals surface area contributed by atoms with Crippen LogP contribution in [0.2, 0.25) is 0 Å². The standard InChI is InChI=1S/C9H11N3S2/c10-4-1-2-8-11-12-9(14-8)7-3-5-13-6-7/h3,5-6H,1-2,4,10H2. The van der Waals surface area contributed by atoms with E-state index in [1.165, 1.54) is 5.56 Å². The van der Waals surface area contributed by atoms with Crippen molar-refractivity contribution in [1.82, 2.24) is 10.2 Å². The molecule has 0 radical (unpaired) electrons. The first kappa shape index (κ1) is 9.76. The molecule has 0 spiro atoms. The lowest BCUT2D eigenvalue weighted by Crippen LogP contribution is -1.99. The van der Waals surface area contributed by atoms with Crippen molar-refractivity contribution in [3.63, 3.8) is 0 Å². The van der Waals surface area contributed by atoms with Crippen molar-refractivity contribution < 1.29 is 0 Å². The lowest BCUT2D eigenvalue weighted by Gasteiger charge is -1.89. The normalized spacial score (nSPS) is 10.6. The van der Waals surface area contributed by atoms with E-state index in [2.05, 4.69) is 27.0 Å². The average Bonchev–Trinajstić information content (AvgIpc) is 2.85.